The van der Waals surface area contributed by atoms with Gasteiger partial charge in [-0.05, 0) is 33.4 Å². The molecule has 1 aromatic rings. The molecule has 0 radical (unpaired) electrons. The molecule has 0 amide bonds. The normalized spacial score (nSPS) is 16.7. The number of unbranched alkanes of at least 4 members (excludes halogenated alkanes) is 1. The second kappa shape index (κ2) is 12.8. The minimum absolute atomic E-state index is 0. The van der Waals surface area contributed by atoms with Gasteiger partial charge in [-0.25, -0.2) is 9.98 Å². The van der Waals surface area contributed by atoms with E-state index >= 15 is 0 Å². The number of aliphatic imine (C=N–C) groups is 1. The van der Waals surface area contributed by atoms with Crippen LogP contribution in [0.4, 0.5) is 13.2 Å². The van der Waals surface area contributed by atoms with Crippen LogP contribution in [-0.4, -0.2) is 73.6 Å². The van der Waals surface area contributed by atoms with Crippen molar-refractivity contribution in [2.75, 3.05) is 52.9 Å². The number of rotatable bonds is 8. The molecule has 2 N–H and O–H groups in total. The molecule has 1 aromatic heterocycles. The predicted octanol–water partition coefficient (Wildman–Crippen LogP) is 2.86. The van der Waals surface area contributed by atoms with Crippen molar-refractivity contribution in [3.8, 4) is 0 Å². The highest BCUT2D eigenvalue weighted by Crippen LogP contribution is 2.30. The smallest absolute Gasteiger partial charge is 0.357 e. The summed E-state index contributed by atoms with van der Waals surface area (Å²) in [6.07, 6.45) is -2.27. The maximum absolute atomic E-state index is 12.6. The number of guanidine groups is 1. The Morgan fingerprint density at radius 1 is 1.21 bits per heavy atom. The average Bonchev–Trinajstić information content (AvgIpc) is 3.10. The van der Waals surface area contributed by atoms with Crippen LogP contribution in [0, 0.1) is 0 Å². The molecule has 0 aromatic carbocycles. The maximum Gasteiger partial charge on any atom is 0.434 e. The van der Waals surface area contributed by atoms with E-state index in [2.05, 4.69) is 37.5 Å². The molecule has 28 heavy (non-hydrogen) atoms. The summed E-state index contributed by atoms with van der Waals surface area (Å²) in [5.41, 5.74) is -0.848. The van der Waals surface area contributed by atoms with Gasteiger partial charge < -0.3 is 20.4 Å². The summed E-state index contributed by atoms with van der Waals surface area (Å²) in [4.78, 5) is 12.8. The molecule has 162 valence electrons. The summed E-state index contributed by atoms with van der Waals surface area (Å²) in [5.74, 6) is 0.612. The highest BCUT2D eigenvalue weighted by Gasteiger charge is 2.33. The van der Waals surface area contributed by atoms with Crippen LogP contribution in [0.5, 0.6) is 0 Å². The van der Waals surface area contributed by atoms with Crippen molar-refractivity contribution >= 4 is 41.3 Å². The Morgan fingerprint density at radius 2 is 1.93 bits per heavy atom. The number of hydrogen-bond donors (Lipinski definition) is 2. The number of aromatic nitrogens is 1. The highest BCUT2D eigenvalue weighted by atomic mass is 127. The quantitative estimate of drug-likeness (QED) is 0.233. The standard InChI is InChI=1S/C17H29F3N6S.HI/c1-3-21-16(23-12-15-24-14(13-27-15)17(18,19)20)22-6-4-5-7-26-10-8-25(2)9-11-26;/h13H,3-12H2,1-2H3,(H2,21,22,23);1H. The van der Waals surface area contributed by atoms with Crippen LogP contribution >= 0.6 is 35.3 Å². The molecule has 0 spiro atoms. The van der Waals surface area contributed by atoms with Gasteiger partial charge in [0.15, 0.2) is 11.7 Å². The molecule has 0 atom stereocenters. The van der Waals surface area contributed by atoms with Crippen LogP contribution in [-0.2, 0) is 12.7 Å². The van der Waals surface area contributed by atoms with Gasteiger partial charge in [0, 0.05) is 44.6 Å². The van der Waals surface area contributed by atoms with E-state index in [-0.39, 0.29) is 30.5 Å². The first-order valence-electron chi connectivity index (χ1n) is 9.33. The van der Waals surface area contributed by atoms with Crippen molar-refractivity contribution in [3.05, 3.63) is 16.1 Å². The lowest BCUT2D eigenvalue weighted by Gasteiger charge is -2.32. The number of nitrogens with zero attached hydrogens (tertiary/aromatic N) is 4. The minimum atomic E-state index is -4.40. The zero-order valence-corrected chi connectivity index (χ0v) is 19.5. The summed E-state index contributed by atoms with van der Waals surface area (Å²) in [5, 5.41) is 7.74. The molecule has 0 bridgehead atoms. The Hall–Kier alpha value is -0.660. The summed E-state index contributed by atoms with van der Waals surface area (Å²) in [6.45, 7) is 9.17. The van der Waals surface area contributed by atoms with Gasteiger partial charge in [0.1, 0.15) is 5.01 Å². The van der Waals surface area contributed by atoms with E-state index in [0.29, 0.717) is 17.5 Å². The Labute approximate surface area is 186 Å². The van der Waals surface area contributed by atoms with Gasteiger partial charge in [-0.15, -0.1) is 35.3 Å². The number of nitrogens with one attached hydrogen (secondary N) is 2. The van der Waals surface area contributed by atoms with Crippen molar-refractivity contribution < 1.29 is 13.2 Å². The van der Waals surface area contributed by atoms with Crippen molar-refractivity contribution in [1.82, 2.24) is 25.4 Å². The number of thiazole rings is 1. The van der Waals surface area contributed by atoms with Crippen LogP contribution in [0.1, 0.15) is 30.5 Å². The molecule has 0 unspecified atom stereocenters. The number of hydrogen-bond acceptors (Lipinski definition) is 5. The first-order valence-corrected chi connectivity index (χ1v) is 10.2. The molecule has 1 aliphatic rings. The molecule has 1 aliphatic heterocycles. The average molecular weight is 534 g/mol. The van der Waals surface area contributed by atoms with Crippen molar-refractivity contribution in [3.63, 3.8) is 0 Å². The molecule has 1 fully saturated rings. The zero-order valence-electron chi connectivity index (χ0n) is 16.4. The van der Waals surface area contributed by atoms with Crippen LogP contribution in [0.25, 0.3) is 0 Å². The fourth-order valence-corrected chi connectivity index (χ4v) is 3.46. The Kier molecular flexibility index (Phi) is 11.6. The van der Waals surface area contributed by atoms with E-state index in [1.54, 1.807) is 0 Å². The van der Waals surface area contributed by atoms with Crippen LogP contribution < -0.4 is 10.6 Å². The lowest BCUT2D eigenvalue weighted by molar-refractivity contribution is -0.140. The Morgan fingerprint density at radius 3 is 2.54 bits per heavy atom. The van der Waals surface area contributed by atoms with Crippen LogP contribution in [0.15, 0.2) is 10.4 Å². The van der Waals surface area contributed by atoms with Crippen molar-refractivity contribution in [2.45, 2.75) is 32.5 Å². The third kappa shape index (κ3) is 9.23. The van der Waals surface area contributed by atoms with E-state index in [1.807, 2.05) is 6.92 Å². The zero-order chi connectivity index (χ0) is 19.7. The molecule has 11 heteroatoms. The molecule has 0 saturated carbocycles. The largest absolute Gasteiger partial charge is 0.434 e. The first-order chi connectivity index (χ1) is 12.9. The maximum atomic E-state index is 12.6. The lowest BCUT2D eigenvalue weighted by atomic mass is 10.2. The van der Waals surface area contributed by atoms with E-state index in [9.17, 15) is 13.2 Å². The summed E-state index contributed by atoms with van der Waals surface area (Å²) in [6, 6.07) is 0. The Bertz CT molecular complexity index is 588. The molecule has 6 nitrogen and oxygen atoms in total. The van der Waals surface area contributed by atoms with Gasteiger partial charge in [0.25, 0.3) is 0 Å². The van der Waals surface area contributed by atoms with Gasteiger partial charge in [-0.1, -0.05) is 0 Å². The summed E-state index contributed by atoms with van der Waals surface area (Å²) in [7, 11) is 2.15. The molecular formula is C17H30F3IN6S. The molecule has 2 rings (SSSR count). The van der Waals surface area contributed by atoms with Gasteiger partial charge in [-0.2, -0.15) is 13.2 Å². The summed E-state index contributed by atoms with van der Waals surface area (Å²) < 4.78 is 37.8. The molecule has 2 heterocycles. The molecule has 0 aliphatic carbocycles. The number of piperazine rings is 1. The van der Waals surface area contributed by atoms with Gasteiger partial charge >= 0.3 is 6.18 Å². The van der Waals surface area contributed by atoms with Crippen LogP contribution in [0.2, 0.25) is 0 Å². The van der Waals surface area contributed by atoms with Gasteiger partial charge in [0.2, 0.25) is 0 Å². The third-order valence-corrected chi connectivity index (χ3v) is 5.18. The highest BCUT2D eigenvalue weighted by molar-refractivity contribution is 14.0. The Balaban J connectivity index is 0.00000392. The van der Waals surface area contributed by atoms with E-state index < -0.39 is 11.9 Å². The number of alkyl halides is 3. The second-order valence-electron chi connectivity index (χ2n) is 6.60. The topological polar surface area (TPSA) is 55.8 Å². The van der Waals surface area contributed by atoms with Crippen LogP contribution in [0.3, 0.4) is 0 Å². The van der Waals surface area contributed by atoms with E-state index in [1.165, 1.54) is 0 Å². The monoisotopic (exact) mass is 534 g/mol. The molecular weight excluding hydrogens is 504 g/mol. The lowest BCUT2D eigenvalue weighted by Crippen LogP contribution is -2.44. The SMILES string of the molecule is CCNC(=NCc1nc(C(F)(F)F)cs1)NCCCCN1CCN(C)CC1.I. The predicted molar refractivity (Wildman–Crippen MR) is 119 cm³/mol. The van der Waals surface area contributed by atoms with Gasteiger partial charge in [-0.3, -0.25) is 0 Å². The number of likely N-dealkylation sites (N-methyl/N-ethyl adjacent to an activating group) is 1. The van der Waals surface area contributed by atoms with E-state index in [4.69, 9.17) is 0 Å². The summed E-state index contributed by atoms with van der Waals surface area (Å²) >= 11 is 0.982. The van der Waals surface area contributed by atoms with Crippen molar-refractivity contribution in [2.24, 2.45) is 4.99 Å². The van der Waals surface area contributed by atoms with Gasteiger partial charge in [0.05, 0.1) is 6.54 Å². The fourth-order valence-electron chi connectivity index (χ4n) is 2.74. The minimum Gasteiger partial charge on any atom is -0.357 e. The second-order valence-corrected chi connectivity index (χ2v) is 7.54. The third-order valence-electron chi connectivity index (χ3n) is 4.35. The van der Waals surface area contributed by atoms with E-state index in [0.717, 1.165) is 68.8 Å². The first kappa shape index (κ1) is 25.4. The fraction of sp³-hybridized carbons (Fsp3) is 0.765. The number of halogens is 4. The van der Waals surface area contributed by atoms with Crippen molar-refractivity contribution in [1.29, 1.82) is 0 Å². The molecule has 1 saturated heterocycles.